The molecule has 22 heavy (non-hydrogen) atoms. The van der Waals surface area contributed by atoms with Crippen molar-refractivity contribution < 1.29 is 4.52 Å². The van der Waals surface area contributed by atoms with Gasteiger partial charge in [0.25, 0.3) is 0 Å². The Bertz CT molecular complexity index is 634. The minimum Gasteiger partial charge on any atom is -0.393 e. The van der Waals surface area contributed by atoms with Gasteiger partial charge in [-0.1, -0.05) is 12.1 Å². The molecule has 1 aliphatic heterocycles. The van der Waals surface area contributed by atoms with Crippen molar-refractivity contribution in [3.8, 4) is 0 Å². The maximum atomic E-state index is 6.23. The van der Waals surface area contributed by atoms with Crippen LogP contribution in [0.5, 0.6) is 0 Å². The third-order valence-corrected chi connectivity index (χ3v) is 3.86. The van der Waals surface area contributed by atoms with E-state index in [1.807, 2.05) is 6.92 Å². The average Bonchev–Trinajstić information content (AvgIpc) is 2.95. The average molecular weight is 303 g/mol. The molecule has 1 saturated heterocycles. The lowest BCUT2D eigenvalue weighted by Crippen LogP contribution is -2.46. The van der Waals surface area contributed by atoms with Crippen LogP contribution in [0.3, 0.4) is 0 Å². The van der Waals surface area contributed by atoms with E-state index in [0.29, 0.717) is 17.3 Å². The molecule has 0 spiro atoms. The van der Waals surface area contributed by atoms with Crippen molar-refractivity contribution in [1.29, 1.82) is 0 Å². The normalized spacial score (nSPS) is 16.0. The monoisotopic (exact) mass is 303 g/mol. The van der Waals surface area contributed by atoms with Crippen LogP contribution in [0, 0.1) is 6.92 Å². The van der Waals surface area contributed by atoms with Gasteiger partial charge in [0.2, 0.25) is 0 Å². The number of hydrogen-bond donors (Lipinski definition) is 2. The summed E-state index contributed by atoms with van der Waals surface area (Å²) in [7, 11) is 0. The largest absolute Gasteiger partial charge is 0.393 e. The number of hydrogen-bond acceptors (Lipinski definition) is 8. The van der Waals surface area contributed by atoms with E-state index in [1.54, 1.807) is 6.07 Å². The SMILES string of the molecule is CCN1CCN(c2ncnc(Nc3cc(C)on3)c2N)CC1. The van der Waals surface area contributed by atoms with Crippen molar-refractivity contribution in [1.82, 2.24) is 20.0 Å². The van der Waals surface area contributed by atoms with Crippen LogP contribution in [0.4, 0.5) is 23.1 Å². The first-order valence-electron chi connectivity index (χ1n) is 7.45. The Morgan fingerprint density at radius 2 is 2.05 bits per heavy atom. The molecule has 8 heteroatoms. The van der Waals surface area contributed by atoms with Crippen molar-refractivity contribution in [3.05, 3.63) is 18.2 Å². The zero-order valence-corrected chi connectivity index (χ0v) is 12.9. The number of nitrogens with two attached hydrogens (primary N) is 1. The molecule has 118 valence electrons. The van der Waals surface area contributed by atoms with Crippen molar-refractivity contribution in [2.45, 2.75) is 13.8 Å². The van der Waals surface area contributed by atoms with Gasteiger partial charge in [-0.15, -0.1) is 0 Å². The number of nitrogens with one attached hydrogen (secondary N) is 1. The van der Waals surface area contributed by atoms with E-state index >= 15 is 0 Å². The van der Waals surface area contributed by atoms with Crippen LogP contribution in [-0.4, -0.2) is 52.7 Å². The molecule has 3 heterocycles. The molecule has 1 fully saturated rings. The summed E-state index contributed by atoms with van der Waals surface area (Å²) in [5.41, 5.74) is 6.77. The molecule has 8 nitrogen and oxygen atoms in total. The summed E-state index contributed by atoms with van der Waals surface area (Å²) in [6.45, 7) is 8.95. The number of aryl methyl sites for hydroxylation is 1. The fourth-order valence-electron chi connectivity index (χ4n) is 2.56. The number of rotatable bonds is 4. The Kier molecular flexibility index (Phi) is 4.10. The summed E-state index contributed by atoms with van der Waals surface area (Å²) in [6, 6.07) is 1.79. The van der Waals surface area contributed by atoms with E-state index < -0.39 is 0 Å². The van der Waals surface area contributed by atoms with Crippen molar-refractivity contribution in [2.75, 3.05) is 48.7 Å². The number of nitrogens with zero attached hydrogens (tertiary/aromatic N) is 5. The number of piperazine rings is 1. The third-order valence-electron chi connectivity index (χ3n) is 3.86. The summed E-state index contributed by atoms with van der Waals surface area (Å²) in [4.78, 5) is 13.2. The Balaban J connectivity index is 1.77. The van der Waals surface area contributed by atoms with E-state index in [2.05, 4.69) is 37.2 Å². The molecule has 0 saturated carbocycles. The fraction of sp³-hybridized carbons (Fsp3) is 0.500. The molecule has 2 aromatic rings. The van der Waals surface area contributed by atoms with Gasteiger partial charge in [0.05, 0.1) is 0 Å². The Morgan fingerprint density at radius 1 is 1.27 bits per heavy atom. The highest BCUT2D eigenvalue weighted by Crippen LogP contribution is 2.28. The van der Waals surface area contributed by atoms with Crippen LogP contribution in [0.25, 0.3) is 0 Å². The molecule has 3 rings (SSSR count). The minimum absolute atomic E-state index is 0.535. The summed E-state index contributed by atoms with van der Waals surface area (Å²) in [5.74, 6) is 2.64. The van der Waals surface area contributed by atoms with Crippen LogP contribution in [0.1, 0.15) is 12.7 Å². The first-order valence-corrected chi connectivity index (χ1v) is 7.45. The molecule has 1 aliphatic rings. The smallest absolute Gasteiger partial charge is 0.175 e. The van der Waals surface area contributed by atoms with Crippen LogP contribution in [0.2, 0.25) is 0 Å². The van der Waals surface area contributed by atoms with E-state index in [9.17, 15) is 0 Å². The van der Waals surface area contributed by atoms with Crippen molar-refractivity contribution in [3.63, 3.8) is 0 Å². The molecule has 0 aromatic carbocycles. The first-order chi connectivity index (χ1) is 10.7. The Labute approximate surface area is 129 Å². The molecule has 0 amide bonds. The molecule has 0 bridgehead atoms. The predicted molar refractivity (Wildman–Crippen MR) is 85.3 cm³/mol. The maximum absolute atomic E-state index is 6.23. The molecule has 0 atom stereocenters. The summed E-state index contributed by atoms with van der Waals surface area (Å²) in [6.07, 6.45) is 1.52. The van der Waals surface area contributed by atoms with Gasteiger partial charge in [-0.05, 0) is 13.5 Å². The molecule has 0 unspecified atom stereocenters. The Morgan fingerprint density at radius 3 is 2.68 bits per heavy atom. The molecular formula is C14H21N7O. The highest BCUT2D eigenvalue weighted by molar-refractivity contribution is 5.77. The predicted octanol–water partition coefficient (Wildman–Crippen LogP) is 1.24. The van der Waals surface area contributed by atoms with Crippen molar-refractivity contribution >= 4 is 23.1 Å². The minimum atomic E-state index is 0.535. The quantitative estimate of drug-likeness (QED) is 0.871. The van der Waals surface area contributed by atoms with E-state index in [4.69, 9.17) is 10.3 Å². The van der Waals surface area contributed by atoms with Gasteiger partial charge in [0, 0.05) is 32.2 Å². The van der Waals surface area contributed by atoms with Gasteiger partial charge >= 0.3 is 0 Å². The molecular weight excluding hydrogens is 282 g/mol. The lowest BCUT2D eigenvalue weighted by Gasteiger charge is -2.35. The van der Waals surface area contributed by atoms with Gasteiger partial charge in [-0.25, -0.2) is 9.97 Å². The number of likely N-dealkylation sites (N-methyl/N-ethyl adjacent to an activating group) is 1. The van der Waals surface area contributed by atoms with E-state index in [1.165, 1.54) is 6.33 Å². The van der Waals surface area contributed by atoms with Gasteiger partial charge in [-0.3, -0.25) is 0 Å². The van der Waals surface area contributed by atoms with Crippen LogP contribution in [0.15, 0.2) is 16.9 Å². The summed E-state index contributed by atoms with van der Waals surface area (Å²) < 4.78 is 5.03. The van der Waals surface area contributed by atoms with Crippen LogP contribution in [-0.2, 0) is 0 Å². The standard InChI is InChI=1S/C14H21N7O/c1-3-20-4-6-21(7-5-20)14-12(15)13(16-9-17-14)18-11-8-10(2)22-19-11/h8-9H,3-7,15H2,1-2H3,(H,16,17,18,19). The Hall–Kier alpha value is -2.35. The third kappa shape index (κ3) is 2.96. The second-order valence-corrected chi connectivity index (χ2v) is 5.33. The number of anilines is 4. The second-order valence-electron chi connectivity index (χ2n) is 5.33. The summed E-state index contributed by atoms with van der Waals surface area (Å²) >= 11 is 0. The number of aromatic nitrogens is 3. The topological polar surface area (TPSA) is 96.3 Å². The summed E-state index contributed by atoms with van der Waals surface area (Å²) in [5, 5.41) is 6.97. The zero-order valence-electron chi connectivity index (χ0n) is 12.9. The second kappa shape index (κ2) is 6.18. The van der Waals surface area contributed by atoms with Gasteiger partial charge in [0.15, 0.2) is 17.5 Å². The number of nitrogen functional groups attached to an aromatic ring is 1. The highest BCUT2D eigenvalue weighted by atomic mass is 16.5. The van der Waals surface area contributed by atoms with E-state index in [0.717, 1.165) is 44.3 Å². The molecule has 0 radical (unpaired) electrons. The molecule has 0 aliphatic carbocycles. The zero-order chi connectivity index (χ0) is 15.5. The maximum Gasteiger partial charge on any atom is 0.175 e. The van der Waals surface area contributed by atoms with Gasteiger partial charge in [0.1, 0.15) is 17.8 Å². The van der Waals surface area contributed by atoms with Gasteiger partial charge in [-0.2, -0.15) is 0 Å². The molecule has 3 N–H and O–H groups in total. The van der Waals surface area contributed by atoms with Crippen molar-refractivity contribution in [2.24, 2.45) is 0 Å². The molecule has 2 aromatic heterocycles. The fourth-order valence-corrected chi connectivity index (χ4v) is 2.56. The van der Waals surface area contributed by atoms with E-state index in [-0.39, 0.29) is 0 Å². The van der Waals surface area contributed by atoms with Crippen LogP contribution >= 0.6 is 0 Å². The lowest BCUT2D eigenvalue weighted by atomic mass is 10.3. The van der Waals surface area contributed by atoms with Gasteiger partial charge < -0.3 is 25.4 Å². The lowest BCUT2D eigenvalue weighted by molar-refractivity contribution is 0.270. The van der Waals surface area contributed by atoms with Crippen LogP contribution < -0.4 is 16.0 Å². The first kappa shape index (κ1) is 14.6. The highest BCUT2D eigenvalue weighted by Gasteiger charge is 2.20.